The van der Waals surface area contributed by atoms with Gasteiger partial charge in [0.15, 0.2) is 0 Å². The molecule has 4 nitrogen and oxygen atoms in total. The van der Waals surface area contributed by atoms with Crippen LogP contribution in [0.2, 0.25) is 0 Å². The lowest BCUT2D eigenvalue weighted by Crippen LogP contribution is -2.52. The van der Waals surface area contributed by atoms with E-state index in [4.69, 9.17) is 22.1 Å². The molecule has 2 unspecified atom stereocenters. The van der Waals surface area contributed by atoms with Gasteiger partial charge in [-0.2, -0.15) is 0 Å². The molecule has 0 aliphatic carbocycles. The number of unbranched alkanes of at least 4 members (excludes halogenated alkanes) is 1. The summed E-state index contributed by atoms with van der Waals surface area (Å²) < 4.78 is 16.0. The van der Waals surface area contributed by atoms with Gasteiger partial charge in [0.25, 0.3) is 0 Å². The summed E-state index contributed by atoms with van der Waals surface area (Å²) in [6.45, 7) is 2.74. The van der Waals surface area contributed by atoms with Gasteiger partial charge in [0.1, 0.15) is 32.4 Å². The summed E-state index contributed by atoms with van der Waals surface area (Å²) in [5, 5.41) is 10.5. The highest BCUT2D eigenvalue weighted by Crippen LogP contribution is 2.37. The summed E-state index contributed by atoms with van der Waals surface area (Å²) in [7, 11) is 5.81. The number of hydrogen-bond donors (Lipinski definition) is 1. The van der Waals surface area contributed by atoms with Crippen molar-refractivity contribution in [2.45, 2.75) is 50.0 Å². The maximum Gasteiger partial charge on any atom is 0.147 e. The molecular weight excluding hydrogens is 195 g/mol. The van der Waals surface area contributed by atoms with Crippen molar-refractivity contribution < 1.29 is 19.3 Å². The second kappa shape index (κ2) is 4.41. The van der Waals surface area contributed by atoms with E-state index in [1.165, 1.54) is 0 Å². The molecule has 0 aromatic heterocycles. The fourth-order valence-electron chi connectivity index (χ4n) is 2.27. The molecule has 2 fully saturated rings. The highest BCUT2D eigenvalue weighted by molar-refractivity contribution is 6.12. The van der Waals surface area contributed by atoms with Crippen LogP contribution in [0.5, 0.6) is 0 Å². The topological polar surface area (TPSA) is 47.9 Å². The SMILES string of the molecule is [B]C1OC2COCO[C@H]2[C@@]1(O)CCCC. The highest BCUT2D eigenvalue weighted by atomic mass is 16.7. The highest BCUT2D eigenvalue weighted by Gasteiger charge is 2.54. The Morgan fingerprint density at radius 1 is 1.53 bits per heavy atom. The van der Waals surface area contributed by atoms with Crippen LogP contribution in [0.25, 0.3) is 0 Å². The van der Waals surface area contributed by atoms with Gasteiger partial charge < -0.3 is 19.3 Å². The molecule has 2 heterocycles. The minimum absolute atomic E-state index is 0.214. The Labute approximate surface area is 91.3 Å². The van der Waals surface area contributed by atoms with Gasteiger partial charge in [0, 0.05) is 6.00 Å². The van der Waals surface area contributed by atoms with Crippen molar-refractivity contribution in [2.24, 2.45) is 0 Å². The van der Waals surface area contributed by atoms with E-state index in [-0.39, 0.29) is 19.0 Å². The van der Waals surface area contributed by atoms with E-state index >= 15 is 0 Å². The molecule has 0 aromatic carbocycles. The fourth-order valence-corrected chi connectivity index (χ4v) is 2.27. The zero-order valence-corrected chi connectivity index (χ0v) is 9.02. The predicted octanol–water partition coefficient (Wildman–Crippen LogP) is 0.174. The predicted molar refractivity (Wildman–Crippen MR) is 54.6 cm³/mol. The zero-order valence-electron chi connectivity index (χ0n) is 9.02. The molecule has 0 bridgehead atoms. The van der Waals surface area contributed by atoms with Gasteiger partial charge in [-0.1, -0.05) is 19.8 Å². The van der Waals surface area contributed by atoms with Crippen LogP contribution in [0.4, 0.5) is 0 Å². The first-order valence-electron chi connectivity index (χ1n) is 5.51. The molecule has 0 amide bonds. The van der Waals surface area contributed by atoms with Crippen molar-refractivity contribution in [3.8, 4) is 0 Å². The van der Waals surface area contributed by atoms with Crippen LogP contribution in [-0.4, -0.2) is 50.2 Å². The molecule has 2 rings (SSSR count). The molecule has 0 saturated carbocycles. The number of aliphatic hydroxyl groups is 1. The van der Waals surface area contributed by atoms with Gasteiger partial charge in [-0.05, 0) is 6.42 Å². The fraction of sp³-hybridized carbons (Fsp3) is 1.00. The van der Waals surface area contributed by atoms with Crippen LogP contribution >= 0.6 is 0 Å². The van der Waals surface area contributed by atoms with E-state index in [0.717, 1.165) is 12.8 Å². The molecule has 5 heteroatoms. The third kappa shape index (κ3) is 1.94. The third-order valence-electron chi connectivity index (χ3n) is 3.19. The molecule has 2 aliphatic heterocycles. The largest absolute Gasteiger partial charge is 0.385 e. The van der Waals surface area contributed by atoms with Gasteiger partial charge in [-0.3, -0.25) is 0 Å². The Kier molecular flexibility index (Phi) is 3.35. The van der Waals surface area contributed by atoms with Crippen LogP contribution in [-0.2, 0) is 14.2 Å². The van der Waals surface area contributed by atoms with Crippen molar-refractivity contribution in [3.63, 3.8) is 0 Å². The van der Waals surface area contributed by atoms with Crippen molar-refractivity contribution in [3.05, 3.63) is 0 Å². The van der Waals surface area contributed by atoms with Crippen molar-refractivity contribution >= 4 is 7.85 Å². The van der Waals surface area contributed by atoms with Gasteiger partial charge in [0.05, 0.1) is 6.61 Å². The van der Waals surface area contributed by atoms with E-state index in [2.05, 4.69) is 6.92 Å². The molecule has 1 N–H and O–H groups in total. The molecule has 0 aromatic rings. The summed E-state index contributed by atoms with van der Waals surface area (Å²) in [5.41, 5.74) is -1.05. The maximum atomic E-state index is 10.5. The van der Waals surface area contributed by atoms with Gasteiger partial charge >= 0.3 is 0 Å². The lowest BCUT2D eigenvalue weighted by Gasteiger charge is -2.34. The molecule has 84 valence electrons. The first-order chi connectivity index (χ1) is 7.18. The number of ether oxygens (including phenoxy) is 3. The van der Waals surface area contributed by atoms with Crippen LogP contribution in [0.1, 0.15) is 26.2 Å². The summed E-state index contributed by atoms with van der Waals surface area (Å²) in [6, 6.07) is -0.666. The molecule has 2 radical (unpaired) electrons. The Hall–Kier alpha value is -0.0951. The Balaban J connectivity index is 2.07. The number of fused-ring (bicyclic) bond motifs is 1. The quantitative estimate of drug-likeness (QED) is 0.677. The molecular formula is C10H17BO4. The first-order valence-corrected chi connectivity index (χ1v) is 5.51. The maximum absolute atomic E-state index is 10.5. The van der Waals surface area contributed by atoms with Gasteiger partial charge in [-0.25, -0.2) is 0 Å². The Bertz CT molecular complexity index is 225. The average Bonchev–Trinajstić information content (AvgIpc) is 2.50. The molecule has 0 spiro atoms. The zero-order chi connectivity index (χ0) is 10.9. The van der Waals surface area contributed by atoms with E-state index in [1.807, 2.05) is 0 Å². The minimum atomic E-state index is -1.05. The summed E-state index contributed by atoms with van der Waals surface area (Å²) in [4.78, 5) is 0. The average molecular weight is 212 g/mol. The van der Waals surface area contributed by atoms with E-state index in [0.29, 0.717) is 13.0 Å². The Morgan fingerprint density at radius 3 is 3.07 bits per heavy atom. The number of rotatable bonds is 3. The van der Waals surface area contributed by atoms with Crippen molar-refractivity contribution in [2.75, 3.05) is 13.4 Å². The van der Waals surface area contributed by atoms with E-state index < -0.39 is 11.6 Å². The second-order valence-electron chi connectivity index (χ2n) is 4.27. The second-order valence-corrected chi connectivity index (χ2v) is 4.27. The smallest absolute Gasteiger partial charge is 0.147 e. The lowest BCUT2D eigenvalue weighted by atomic mass is 9.77. The van der Waals surface area contributed by atoms with Crippen molar-refractivity contribution in [1.82, 2.24) is 0 Å². The van der Waals surface area contributed by atoms with Crippen molar-refractivity contribution in [1.29, 1.82) is 0 Å². The monoisotopic (exact) mass is 212 g/mol. The third-order valence-corrected chi connectivity index (χ3v) is 3.19. The molecule has 2 aliphatic rings. The van der Waals surface area contributed by atoms with Gasteiger partial charge in [0.2, 0.25) is 0 Å². The van der Waals surface area contributed by atoms with E-state index in [9.17, 15) is 5.11 Å². The van der Waals surface area contributed by atoms with Crippen LogP contribution in [0, 0.1) is 0 Å². The first kappa shape index (κ1) is 11.4. The lowest BCUT2D eigenvalue weighted by molar-refractivity contribution is -0.204. The summed E-state index contributed by atoms with van der Waals surface area (Å²) in [6.07, 6.45) is 1.99. The molecule has 15 heavy (non-hydrogen) atoms. The Morgan fingerprint density at radius 2 is 2.33 bits per heavy atom. The van der Waals surface area contributed by atoms with Crippen LogP contribution in [0.15, 0.2) is 0 Å². The van der Waals surface area contributed by atoms with Crippen LogP contribution in [0.3, 0.4) is 0 Å². The van der Waals surface area contributed by atoms with E-state index in [1.54, 1.807) is 0 Å². The molecule has 4 atom stereocenters. The normalized spacial score (nSPS) is 45.3. The van der Waals surface area contributed by atoms with Crippen LogP contribution < -0.4 is 0 Å². The standard InChI is InChI=1S/C10H17BO4/c1-2-3-4-10(12)8-7(15-9(10)11)5-13-6-14-8/h7-9,12H,2-6H2,1H3/t7?,8-,9?,10+/m1/s1. The summed E-state index contributed by atoms with van der Waals surface area (Å²) in [5.74, 6) is 0. The van der Waals surface area contributed by atoms with Gasteiger partial charge in [-0.15, -0.1) is 0 Å². The summed E-state index contributed by atoms with van der Waals surface area (Å²) >= 11 is 0. The number of hydrogen-bond acceptors (Lipinski definition) is 4. The minimum Gasteiger partial charge on any atom is -0.385 e. The molecule has 2 saturated heterocycles.